The normalized spacial score (nSPS) is 19.2. The number of halogens is 1. The first kappa shape index (κ1) is 36.4. The highest BCUT2D eigenvalue weighted by Crippen LogP contribution is 2.36. The highest BCUT2D eigenvalue weighted by Gasteiger charge is 2.46. The first-order chi connectivity index (χ1) is 27.7. The van der Waals surface area contributed by atoms with Crippen LogP contribution < -0.4 is 20.9 Å². The van der Waals surface area contributed by atoms with E-state index in [4.69, 9.17) is 9.97 Å². The second-order valence-electron chi connectivity index (χ2n) is 15.4. The van der Waals surface area contributed by atoms with Crippen molar-refractivity contribution < 1.29 is 23.6 Å². The van der Waals surface area contributed by atoms with Crippen LogP contribution in [0, 0.1) is 5.82 Å². The van der Waals surface area contributed by atoms with Crippen LogP contribution in [0.1, 0.15) is 83.7 Å². The topological polar surface area (TPSA) is 158 Å². The third-order valence-corrected chi connectivity index (χ3v) is 11.8. The van der Waals surface area contributed by atoms with E-state index < -0.39 is 35.5 Å². The van der Waals surface area contributed by atoms with Crippen molar-refractivity contribution in [2.45, 2.75) is 76.0 Å². The maximum Gasteiger partial charge on any atom is 0.265 e. The maximum atomic E-state index is 15.9. The summed E-state index contributed by atoms with van der Waals surface area (Å²) in [7, 11) is 1.94. The molecule has 2 saturated heterocycles. The van der Waals surface area contributed by atoms with E-state index >= 15 is 4.39 Å². The largest absolute Gasteiger partial charge is 0.371 e. The smallest absolute Gasteiger partial charge is 0.265 e. The summed E-state index contributed by atoms with van der Waals surface area (Å²) in [5.41, 5.74) is 4.44. The SMILES string of the molecule is CN(Cc1ccc2c(c1F)C(=O)N(C1CCC(=O)NC1=O)C2=O)C1CCN(c2ccc(Nc3ncc4nc(Nc5ccccc5)n(C5CCCC5)c4n3)cc2)CC1. The maximum absolute atomic E-state index is 15.9. The number of fused-ring (bicyclic) bond motifs is 2. The van der Waals surface area contributed by atoms with Gasteiger partial charge < -0.3 is 15.5 Å². The molecular formula is C42H43FN10O4. The van der Waals surface area contributed by atoms with Gasteiger partial charge >= 0.3 is 0 Å². The zero-order chi connectivity index (χ0) is 39.2. The zero-order valence-electron chi connectivity index (χ0n) is 31.6. The Morgan fingerprint density at radius 2 is 1.58 bits per heavy atom. The summed E-state index contributed by atoms with van der Waals surface area (Å²) in [6.07, 6.45) is 8.05. The monoisotopic (exact) mass is 770 g/mol. The highest BCUT2D eigenvalue weighted by molar-refractivity contribution is 6.23. The van der Waals surface area contributed by atoms with Crippen molar-refractivity contribution in [3.63, 3.8) is 0 Å². The lowest BCUT2D eigenvalue weighted by molar-refractivity contribution is -0.136. The predicted molar refractivity (Wildman–Crippen MR) is 212 cm³/mol. The number of nitrogens with one attached hydrogen (secondary N) is 3. The first-order valence-electron chi connectivity index (χ1n) is 19.6. The minimum absolute atomic E-state index is 0.0000169. The Morgan fingerprint density at radius 3 is 2.32 bits per heavy atom. The Hall–Kier alpha value is -6.22. The molecule has 0 spiro atoms. The van der Waals surface area contributed by atoms with Crippen LogP contribution in [-0.4, -0.2) is 85.2 Å². The molecule has 14 nitrogen and oxygen atoms in total. The molecule has 1 saturated carbocycles. The van der Waals surface area contributed by atoms with Crippen LogP contribution in [0.25, 0.3) is 11.2 Å². The average molecular weight is 771 g/mol. The summed E-state index contributed by atoms with van der Waals surface area (Å²) in [4.78, 5) is 70.1. The first-order valence-corrected chi connectivity index (χ1v) is 19.6. The molecule has 1 atom stereocenters. The van der Waals surface area contributed by atoms with E-state index in [1.54, 1.807) is 12.3 Å². The van der Waals surface area contributed by atoms with Crippen LogP contribution in [0.3, 0.4) is 0 Å². The molecule has 57 heavy (non-hydrogen) atoms. The third kappa shape index (κ3) is 6.96. The summed E-state index contributed by atoms with van der Waals surface area (Å²) < 4.78 is 18.1. The Labute approximate surface area is 328 Å². The lowest BCUT2D eigenvalue weighted by Gasteiger charge is -2.38. The Kier molecular flexibility index (Phi) is 9.60. The predicted octanol–water partition coefficient (Wildman–Crippen LogP) is 6.07. The van der Waals surface area contributed by atoms with Gasteiger partial charge in [0.15, 0.2) is 5.65 Å². The second kappa shape index (κ2) is 15.0. The van der Waals surface area contributed by atoms with Crippen LogP contribution in [0.4, 0.5) is 33.3 Å². The molecule has 5 heterocycles. The molecule has 5 aromatic rings. The van der Waals surface area contributed by atoms with Crippen molar-refractivity contribution in [1.82, 2.24) is 34.6 Å². The molecule has 3 aliphatic heterocycles. The van der Waals surface area contributed by atoms with Gasteiger partial charge in [0, 0.05) is 60.8 Å². The Bertz CT molecular complexity index is 2370. The fourth-order valence-electron chi connectivity index (χ4n) is 8.73. The van der Waals surface area contributed by atoms with Gasteiger partial charge in [0.05, 0.1) is 17.3 Å². The molecule has 0 radical (unpaired) electrons. The number of nitrogens with zero attached hydrogens (tertiary/aromatic N) is 7. The second-order valence-corrected chi connectivity index (χ2v) is 15.4. The number of amides is 4. The summed E-state index contributed by atoms with van der Waals surface area (Å²) in [6, 6.07) is 20.7. The number of imidazole rings is 1. The highest BCUT2D eigenvalue weighted by atomic mass is 19.1. The number of benzene rings is 3. The van der Waals surface area contributed by atoms with Crippen molar-refractivity contribution in [1.29, 1.82) is 0 Å². The molecule has 0 bridgehead atoms. The molecule has 2 aromatic heterocycles. The van der Waals surface area contributed by atoms with E-state index in [2.05, 4.69) is 47.4 Å². The van der Waals surface area contributed by atoms with E-state index in [1.165, 1.54) is 18.9 Å². The van der Waals surface area contributed by atoms with Crippen molar-refractivity contribution in [2.75, 3.05) is 35.7 Å². The molecule has 1 unspecified atom stereocenters. The van der Waals surface area contributed by atoms with Gasteiger partial charge in [0.25, 0.3) is 11.8 Å². The van der Waals surface area contributed by atoms with Crippen molar-refractivity contribution >= 4 is 63.8 Å². The summed E-state index contributed by atoms with van der Waals surface area (Å²) in [6.45, 7) is 1.88. The third-order valence-electron chi connectivity index (χ3n) is 11.8. The van der Waals surface area contributed by atoms with E-state index in [1.807, 2.05) is 49.5 Å². The van der Waals surface area contributed by atoms with Crippen LogP contribution >= 0.6 is 0 Å². The number of carbonyl (C=O) groups is 4. The van der Waals surface area contributed by atoms with Crippen LogP contribution in [0.15, 0.2) is 72.9 Å². The minimum atomic E-state index is -1.14. The van der Waals surface area contributed by atoms with Crippen LogP contribution in [0.5, 0.6) is 0 Å². The van der Waals surface area contributed by atoms with Gasteiger partial charge in [-0.15, -0.1) is 0 Å². The minimum Gasteiger partial charge on any atom is -0.371 e. The van der Waals surface area contributed by atoms with Crippen LogP contribution in [0.2, 0.25) is 0 Å². The number of aromatic nitrogens is 4. The number of imide groups is 2. The standard InChI is InChI=1S/C42H43FN10O4/c1-50(24-25-11-16-31-35(36(25)43)40(57)53(39(31)56)33-17-18-34(54)48-38(33)55)28-19-21-51(22-20-28)29-14-12-27(13-15-29)45-41-44-23-32-37(49-41)52(30-9-5-6-10-30)42(47-32)46-26-7-3-2-4-8-26/h2-4,7-8,11-16,23,28,30,33H,5-6,9-10,17-22,24H2,1H3,(H,46,47)(H,44,45,49)(H,48,54,55). The molecule has 1 aliphatic carbocycles. The Morgan fingerprint density at radius 1 is 0.842 bits per heavy atom. The van der Waals surface area contributed by atoms with E-state index in [0.717, 1.165) is 77.8 Å². The Balaban J connectivity index is 0.824. The number of hydrogen-bond donors (Lipinski definition) is 3. The summed E-state index contributed by atoms with van der Waals surface area (Å²) in [5, 5.41) is 9.04. The van der Waals surface area contributed by atoms with Gasteiger partial charge in [-0.1, -0.05) is 37.1 Å². The van der Waals surface area contributed by atoms with Gasteiger partial charge in [-0.25, -0.2) is 14.4 Å². The summed E-state index contributed by atoms with van der Waals surface area (Å²) >= 11 is 0. The van der Waals surface area contributed by atoms with Gasteiger partial charge in [0.2, 0.25) is 23.7 Å². The molecule has 9 rings (SSSR count). The molecule has 4 aliphatic rings. The number of rotatable bonds is 10. The lowest BCUT2D eigenvalue weighted by atomic mass is 10.0. The van der Waals surface area contributed by atoms with E-state index in [9.17, 15) is 19.2 Å². The quantitative estimate of drug-likeness (QED) is 0.142. The van der Waals surface area contributed by atoms with Gasteiger partial charge in [-0.05, 0) is 81.6 Å². The molecule has 3 N–H and O–H groups in total. The van der Waals surface area contributed by atoms with Crippen molar-refractivity contribution in [3.05, 3.63) is 95.4 Å². The molecule has 15 heteroatoms. The zero-order valence-corrected chi connectivity index (χ0v) is 31.6. The lowest BCUT2D eigenvalue weighted by Crippen LogP contribution is -2.54. The molecule has 4 amide bonds. The van der Waals surface area contributed by atoms with Crippen LogP contribution in [-0.2, 0) is 16.1 Å². The van der Waals surface area contributed by atoms with E-state index in [0.29, 0.717) is 17.6 Å². The number of carbonyl (C=O) groups excluding carboxylic acids is 4. The number of anilines is 5. The molecular weight excluding hydrogens is 728 g/mol. The van der Waals surface area contributed by atoms with Gasteiger partial charge in [-0.3, -0.25) is 38.9 Å². The van der Waals surface area contributed by atoms with Gasteiger partial charge in [0.1, 0.15) is 17.4 Å². The summed E-state index contributed by atoms with van der Waals surface area (Å²) in [5.74, 6) is -2.21. The van der Waals surface area contributed by atoms with Crippen molar-refractivity contribution in [3.8, 4) is 0 Å². The fraction of sp³-hybridized carbons (Fsp3) is 0.357. The molecule has 3 aromatic carbocycles. The number of hydrogen-bond acceptors (Lipinski definition) is 11. The molecule has 292 valence electrons. The number of piperidine rings is 2. The number of para-hydroxylation sites is 1. The molecule has 3 fully saturated rings. The van der Waals surface area contributed by atoms with E-state index in [-0.39, 0.29) is 36.6 Å². The van der Waals surface area contributed by atoms with Crippen molar-refractivity contribution in [2.24, 2.45) is 0 Å². The van der Waals surface area contributed by atoms with Gasteiger partial charge in [-0.2, -0.15) is 4.98 Å². The fourth-order valence-corrected chi connectivity index (χ4v) is 8.73. The average Bonchev–Trinajstić information content (AvgIpc) is 3.93.